The number of nitrogens with zero attached hydrogens (tertiary/aromatic N) is 1. The number of nitrogens with one attached hydrogen (secondary N) is 2. The van der Waals surface area contributed by atoms with Gasteiger partial charge in [-0.25, -0.2) is 8.78 Å². The molecule has 2 heterocycles. The molecule has 10 nitrogen and oxygen atoms in total. The molecular formula is C26H35B2F2KN3O7-. The maximum absolute atomic E-state index is 13.9. The molecule has 15 heteroatoms. The molecule has 4 rings (SSSR count). The molecule has 0 aromatic heterocycles. The summed E-state index contributed by atoms with van der Waals surface area (Å²) in [5.74, 6) is -1.45. The van der Waals surface area contributed by atoms with E-state index in [0.29, 0.717) is 23.7 Å². The third kappa shape index (κ3) is 11.6. The Kier molecular flexibility index (Phi) is 18.9. The monoisotopic (exact) mass is 600 g/mol. The van der Waals surface area contributed by atoms with Crippen molar-refractivity contribution < 1.29 is 93.9 Å². The van der Waals surface area contributed by atoms with Gasteiger partial charge in [0.1, 0.15) is 17.9 Å². The van der Waals surface area contributed by atoms with Crippen molar-refractivity contribution in [2.75, 3.05) is 26.7 Å². The van der Waals surface area contributed by atoms with Crippen molar-refractivity contribution in [3.8, 4) is 0 Å². The molecule has 2 aromatic rings. The average Bonchev–Trinajstić information content (AvgIpc) is 3.47. The van der Waals surface area contributed by atoms with Crippen molar-refractivity contribution in [1.82, 2.24) is 15.5 Å². The Morgan fingerprint density at radius 2 is 1.61 bits per heavy atom. The minimum Gasteiger partial charge on any atom is -0.423 e. The zero-order chi connectivity index (χ0) is 29.1. The normalized spacial score (nSPS) is 13.1. The van der Waals surface area contributed by atoms with Crippen molar-refractivity contribution in [1.29, 1.82) is 0 Å². The third-order valence-corrected chi connectivity index (χ3v) is 5.76. The summed E-state index contributed by atoms with van der Waals surface area (Å²) in [4.78, 5) is 34.5. The van der Waals surface area contributed by atoms with Gasteiger partial charge in [-0.3, -0.25) is 9.59 Å². The number of aldehydes is 1. The van der Waals surface area contributed by atoms with E-state index in [-0.39, 0.29) is 108 Å². The molecule has 0 radical (unpaired) electrons. The topological polar surface area (TPSA) is 137 Å². The molecule has 2 aromatic carbocycles. The van der Waals surface area contributed by atoms with Crippen LogP contribution in [0.2, 0.25) is 0 Å². The Morgan fingerprint density at radius 1 is 1.10 bits per heavy atom. The number of amides is 2. The van der Waals surface area contributed by atoms with Gasteiger partial charge in [0.15, 0.2) is 0 Å². The molecule has 4 N–H and O–H groups in total. The van der Waals surface area contributed by atoms with Crippen LogP contribution in [-0.4, -0.2) is 80.5 Å². The van der Waals surface area contributed by atoms with E-state index in [2.05, 4.69) is 17.6 Å². The number of aryl methyl sites for hydroxylation is 1. The van der Waals surface area contributed by atoms with E-state index in [1.807, 2.05) is 7.05 Å². The second kappa shape index (κ2) is 19.6. The molecular weight excluding hydrogens is 565 g/mol. The Hall–Kier alpha value is -1.52. The molecule has 41 heavy (non-hydrogen) atoms. The molecule has 1 unspecified atom stereocenters. The van der Waals surface area contributed by atoms with Crippen molar-refractivity contribution in [3.05, 3.63) is 72.5 Å². The summed E-state index contributed by atoms with van der Waals surface area (Å²) in [6.45, 7) is 7.96. The summed E-state index contributed by atoms with van der Waals surface area (Å²) >= 11 is 0. The van der Waals surface area contributed by atoms with Gasteiger partial charge < -0.3 is 54.0 Å². The van der Waals surface area contributed by atoms with Crippen LogP contribution >= 0.6 is 0 Å². The Bertz CT molecular complexity index is 1160. The first kappa shape index (κ1) is 39.5. The van der Waals surface area contributed by atoms with Crippen molar-refractivity contribution in [2.24, 2.45) is 0 Å². The van der Waals surface area contributed by atoms with Gasteiger partial charge >= 0.3 is 65.6 Å². The molecule has 0 saturated carbocycles. The van der Waals surface area contributed by atoms with Crippen LogP contribution in [0.5, 0.6) is 0 Å². The van der Waals surface area contributed by atoms with E-state index in [9.17, 15) is 33.2 Å². The predicted octanol–water partition coefficient (Wildman–Crippen LogP) is -3.33. The Labute approximate surface area is 283 Å². The number of fused-ring (bicyclic) bond motifs is 2. The molecule has 2 amide bonds. The molecule has 0 spiro atoms. The van der Waals surface area contributed by atoms with Crippen LogP contribution in [0.4, 0.5) is 8.78 Å². The number of carbonyl (C=O) groups excluding carboxylic acids is 3. The molecule has 0 bridgehead atoms. The molecule has 2 aliphatic rings. The van der Waals surface area contributed by atoms with Crippen LogP contribution in [0.1, 0.15) is 34.0 Å². The molecule has 0 aliphatic carbocycles. The second-order valence-electron chi connectivity index (χ2n) is 8.87. The fraction of sp³-hybridized carbons (Fsp3) is 0.346. The number of benzene rings is 2. The van der Waals surface area contributed by atoms with Crippen LogP contribution in [-0.2, 0) is 32.1 Å². The van der Waals surface area contributed by atoms with Crippen LogP contribution < -0.4 is 72.9 Å². The summed E-state index contributed by atoms with van der Waals surface area (Å²) in [6, 6.07) is 5.20. The molecule has 2 aliphatic heterocycles. The second-order valence-corrected chi connectivity index (χ2v) is 8.87. The fourth-order valence-corrected chi connectivity index (χ4v) is 3.80. The van der Waals surface area contributed by atoms with Gasteiger partial charge in [-0.2, -0.15) is 0 Å². The maximum atomic E-state index is 13.9. The van der Waals surface area contributed by atoms with Crippen molar-refractivity contribution in [2.45, 2.75) is 33.1 Å². The van der Waals surface area contributed by atoms with Gasteiger partial charge in [-0.1, -0.05) is 6.07 Å². The van der Waals surface area contributed by atoms with Crippen molar-refractivity contribution in [3.63, 3.8) is 0 Å². The Balaban J connectivity index is 0.000000745. The number of rotatable bonds is 8. The zero-order valence-electron chi connectivity index (χ0n) is 24.1. The van der Waals surface area contributed by atoms with E-state index >= 15 is 0 Å². The summed E-state index contributed by atoms with van der Waals surface area (Å²) < 4.78 is 36.9. The first-order valence-electron chi connectivity index (χ1n) is 12.1. The maximum Gasteiger partial charge on any atom is 1.00 e. The Morgan fingerprint density at radius 3 is 2.10 bits per heavy atom. The van der Waals surface area contributed by atoms with Crippen LogP contribution in [0.15, 0.2) is 24.3 Å². The van der Waals surface area contributed by atoms with E-state index in [0.717, 1.165) is 18.2 Å². The summed E-state index contributed by atoms with van der Waals surface area (Å²) in [7, 11) is -0.329. The van der Waals surface area contributed by atoms with E-state index in [1.54, 1.807) is 19.9 Å². The quantitative estimate of drug-likeness (QED) is 0.140. The van der Waals surface area contributed by atoms with E-state index in [4.69, 9.17) is 9.31 Å². The summed E-state index contributed by atoms with van der Waals surface area (Å²) in [5.41, 5.74) is 2.36. The van der Waals surface area contributed by atoms with E-state index < -0.39 is 32.0 Å². The van der Waals surface area contributed by atoms with Crippen LogP contribution in [0, 0.1) is 32.9 Å². The van der Waals surface area contributed by atoms with Gasteiger partial charge in [-0.05, 0) is 55.6 Å². The molecule has 0 fully saturated rings. The smallest absolute Gasteiger partial charge is 0.423 e. The number of hydrogen-bond donors (Lipinski definition) is 4. The van der Waals surface area contributed by atoms with E-state index in [1.165, 1.54) is 17.0 Å². The van der Waals surface area contributed by atoms with Gasteiger partial charge in [-0.15, -0.1) is 6.54 Å². The number of hydrogen-bond acceptors (Lipinski definition) is 8. The first-order valence-corrected chi connectivity index (χ1v) is 12.1. The predicted molar refractivity (Wildman–Crippen MR) is 149 cm³/mol. The number of halogens is 2. The average molecular weight is 600 g/mol. The van der Waals surface area contributed by atoms with Gasteiger partial charge in [0.2, 0.25) is 6.41 Å². The van der Waals surface area contributed by atoms with Gasteiger partial charge in [0.25, 0.3) is 5.91 Å². The first-order chi connectivity index (χ1) is 18.6. The standard InChI is InChI=1S/C14H16BFN2O5.C8H8BFO2.C3H8N.CH3.K/c1-9(6-18(8-20)2-3-19)17-14(21)10-4-12-11(13(16)5-10)7-23-15(12)22;1-5-2-7-6(8(10)3-5)4-12-9(7)11;1-3-4-2;;/h3-5,8-9,22H,2,6-7H2,1H3,(H,17,21);2-3,11H,4H2,1H3;4H,1,3H2,2H3;1H3;/q;;2*-1;+1. The van der Waals surface area contributed by atoms with Gasteiger partial charge in [0.05, 0.1) is 19.8 Å². The van der Waals surface area contributed by atoms with Crippen molar-refractivity contribution >= 4 is 43.8 Å². The van der Waals surface area contributed by atoms with Crippen LogP contribution in [0.25, 0.3) is 0 Å². The molecule has 218 valence electrons. The number of carbonyl (C=O) groups is 3. The largest absolute Gasteiger partial charge is 1.00 e. The zero-order valence-corrected chi connectivity index (χ0v) is 27.2. The SMILES string of the molecule is CC(CN(C=O)CC=O)NC(=O)c1cc(F)c2c(c1)B(O)OC2.Cc1cc(F)c2c(c1)B(O)OC2.[CH2-]CNC.[CH3-].[K+]. The minimum atomic E-state index is -1.25. The fourth-order valence-electron chi connectivity index (χ4n) is 3.80. The summed E-state index contributed by atoms with van der Waals surface area (Å²) in [6.07, 6.45) is 1.10. The minimum absolute atomic E-state index is 0. The third-order valence-electron chi connectivity index (χ3n) is 5.76. The molecule has 0 saturated heterocycles. The summed E-state index contributed by atoms with van der Waals surface area (Å²) in [5, 5.41) is 24.3. The molecule has 1 atom stereocenters. The van der Waals surface area contributed by atoms with Crippen LogP contribution in [0.3, 0.4) is 0 Å². The van der Waals surface area contributed by atoms with Gasteiger partial charge in [0, 0.05) is 29.3 Å².